The summed E-state index contributed by atoms with van der Waals surface area (Å²) in [5, 5.41) is 0. The summed E-state index contributed by atoms with van der Waals surface area (Å²) in [4.78, 5) is 2.72. The van der Waals surface area contributed by atoms with E-state index in [0.717, 1.165) is 0 Å². The molecule has 2 saturated heterocycles. The van der Waals surface area contributed by atoms with Gasteiger partial charge in [0.15, 0.2) is 0 Å². The van der Waals surface area contributed by atoms with Crippen molar-refractivity contribution in [2.45, 2.75) is 52.5 Å². The average Bonchev–Trinajstić information content (AvgIpc) is 2.56. The summed E-state index contributed by atoms with van der Waals surface area (Å²) < 4.78 is 0. The fraction of sp³-hybridized carbons (Fsp3) is 0.846. The van der Waals surface area contributed by atoms with Crippen molar-refractivity contribution in [1.29, 1.82) is 0 Å². The average molecular weight is 193 g/mol. The van der Waals surface area contributed by atoms with E-state index in [1.54, 1.807) is 5.57 Å². The Morgan fingerprint density at radius 1 is 1.36 bits per heavy atom. The lowest BCUT2D eigenvalue weighted by Crippen LogP contribution is -2.48. The highest BCUT2D eigenvalue weighted by Crippen LogP contribution is 2.51. The molecular formula is C13H23N. The first-order valence-corrected chi connectivity index (χ1v) is 5.89. The van der Waals surface area contributed by atoms with E-state index in [2.05, 4.69) is 38.7 Å². The molecule has 0 aromatic heterocycles. The van der Waals surface area contributed by atoms with Gasteiger partial charge in [-0.3, -0.25) is 4.90 Å². The van der Waals surface area contributed by atoms with Crippen molar-refractivity contribution >= 4 is 0 Å². The van der Waals surface area contributed by atoms with Gasteiger partial charge in [0.1, 0.15) is 0 Å². The summed E-state index contributed by atoms with van der Waals surface area (Å²) in [6, 6.07) is 0. The molecule has 1 heteroatoms. The SMILES string of the molecule is C/C=C1\CN2CCCC2(C(C)(C)C)C1. The molecule has 0 spiro atoms. The maximum atomic E-state index is 2.72. The van der Waals surface area contributed by atoms with Crippen molar-refractivity contribution in [3.8, 4) is 0 Å². The lowest BCUT2D eigenvalue weighted by molar-refractivity contribution is 0.0644. The highest BCUT2D eigenvalue weighted by molar-refractivity contribution is 5.22. The van der Waals surface area contributed by atoms with Crippen molar-refractivity contribution in [2.75, 3.05) is 13.1 Å². The van der Waals surface area contributed by atoms with Crippen LogP contribution in [0.1, 0.15) is 47.0 Å². The molecule has 0 aromatic carbocycles. The first-order chi connectivity index (χ1) is 6.49. The molecule has 0 radical (unpaired) electrons. The summed E-state index contributed by atoms with van der Waals surface area (Å²) >= 11 is 0. The van der Waals surface area contributed by atoms with E-state index in [-0.39, 0.29) is 0 Å². The maximum Gasteiger partial charge on any atom is 0.0299 e. The first-order valence-electron chi connectivity index (χ1n) is 5.89. The van der Waals surface area contributed by atoms with Crippen LogP contribution in [0.25, 0.3) is 0 Å². The third kappa shape index (κ3) is 1.25. The van der Waals surface area contributed by atoms with Crippen molar-refractivity contribution in [3.05, 3.63) is 11.6 Å². The van der Waals surface area contributed by atoms with Gasteiger partial charge in [0.2, 0.25) is 0 Å². The summed E-state index contributed by atoms with van der Waals surface area (Å²) in [6.07, 6.45) is 6.43. The van der Waals surface area contributed by atoms with Gasteiger partial charge in [-0.25, -0.2) is 0 Å². The quantitative estimate of drug-likeness (QED) is 0.534. The predicted octanol–water partition coefficient (Wildman–Crippen LogP) is 3.22. The molecule has 0 aromatic rings. The molecule has 14 heavy (non-hydrogen) atoms. The number of rotatable bonds is 0. The Morgan fingerprint density at radius 2 is 2.07 bits per heavy atom. The molecule has 2 aliphatic heterocycles. The van der Waals surface area contributed by atoms with Gasteiger partial charge in [0.05, 0.1) is 0 Å². The van der Waals surface area contributed by atoms with Gasteiger partial charge in [-0.05, 0) is 38.1 Å². The smallest absolute Gasteiger partial charge is 0.0299 e. The van der Waals surface area contributed by atoms with Crippen LogP contribution in [0.2, 0.25) is 0 Å². The number of hydrogen-bond donors (Lipinski definition) is 0. The molecule has 0 aliphatic carbocycles. The molecule has 0 bridgehead atoms. The molecule has 0 saturated carbocycles. The Bertz CT molecular complexity index is 259. The van der Waals surface area contributed by atoms with Crippen LogP contribution in [0.4, 0.5) is 0 Å². The second-order valence-corrected chi connectivity index (χ2v) is 5.93. The van der Waals surface area contributed by atoms with E-state index in [0.29, 0.717) is 11.0 Å². The second-order valence-electron chi connectivity index (χ2n) is 5.93. The zero-order valence-corrected chi connectivity index (χ0v) is 10.1. The van der Waals surface area contributed by atoms with Gasteiger partial charge in [-0.1, -0.05) is 32.4 Å². The number of fused-ring (bicyclic) bond motifs is 1. The van der Waals surface area contributed by atoms with Gasteiger partial charge >= 0.3 is 0 Å². The van der Waals surface area contributed by atoms with Gasteiger partial charge in [0.25, 0.3) is 0 Å². The number of nitrogens with zero attached hydrogens (tertiary/aromatic N) is 1. The van der Waals surface area contributed by atoms with Gasteiger partial charge in [0, 0.05) is 12.1 Å². The Balaban J connectivity index is 2.32. The van der Waals surface area contributed by atoms with Crippen molar-refractivity contribution in [1.82, 2.24) is 4.90 Å². The van der Waals surface area contributed by atoms with Crippen LogP contribution in [0.3, 0.4) is 0 Å². The first kappa shape index (κ1) is 10.2. The summed E-state index contributed by atoms with van der Waals surface area (Å²) in [5.41, 5.74) is 2.56. The zero-order valence-electron chi connectivity index (χ0n) is 10.1. The number of allylic oxidation sites excluding steroid dienone is 1. The van der Waals surface area contributed by atoms with Crippen LogP contribution >= 0.6 is 0 Å². The van der Waals surface area contributed by atoms with Gasteiger partial charge in [-0.15, -0.1) is 0 Å². The molecule has 0 amide bonds. The summed E-state index contributed by atoms with van der Waals surface area (Å²) in [7, 11) is 0. The van der Waals surface area contributed by atoms with E-state index in [1.807, 2.05) is 0 Å². The number of hydrogen-bond acceptors (Lipinski definition) is 1. The second kappa shape index (κ2) is 3.10. The molecule has 1 nitrogen and oxygen atoms in total. The van der Waals surface area contributed by atoms with Crippen molar-refractivity contribution in [3.63, 3.8) is 0 Å². The summed E-state index contributed by atoms with van der Waals surface area (Å²) in [6.45, 7) is 12.0. The predicted molar refractivity (Wildman–Crippen MR) is 61.4 cm³/mol. The molecule has 2 fully saturated rings. The molecular weight excluding hydrogens is 170 g/mol. The minimum Gasteiger partial charge on any atom is -0.293 e. The third-order valence-corrected chi connectivity index (χ3v) is 4.34. The Morgan fingerprint density at radius 3 is 2.57 bits per heavy atom. The van der Waals surface area contributed by atoms with Crippen molar-refractivity contribution in [2.24, 2.45) is 5.41 Å². The minimum absolute atomic E-state index is 0.425. The van der Waals surface area contributed by atoms with Crippen LogP contribution in [-0.2, 0) is 0 Å². The Labute approximate surface area is 88.2 Å². The van der Waals surface area contributed by atoms with Crippen molar-refractivity contribution < 1.29 is 0 Å². The standard InChI is InChI=1S/C13H23N/c1-5-11-9-13(12(2,3)4)7-6-8-14(13)10-11/h5H,6-10H2,1-4H3/b11-5-. The van der Waals surface area contributed by atoms with Gasteiger partial charge in [-0.2, -0.15) is 0 Å². The largest absolute Gasteiger partial charge is 0.293 e. The van der Waals surface area contributed by atoms with Gasteiger partial charge < -0.3 is 0 Å². The molecule has 0 N–H and O–H groups in total. The van der Waals surface area contributed by atoms with E-state index in [9.17, 15) is 0 Å². The van der Waals surface area contributed by atoms with Crippen LogP contribution in [-0.4, -0.2) is 23.5 Å². The lowest BCUT2D eigenvalue weighted by Gasteiger charge is -2.44. The monoisotopic (exact) mass is 193 g/mol. The van der Waals surface area contributed by atoms with Crippen LogP contribution < -0.4 is 0 Å². The third-order valence-electron chi connectivity index (χ3n) is 4.34. The maximum absolute atomic E-state index is 2.72. The lowest BCUT2D eigenvalue weighted by atomic mass is 9.70. The molecule has 1 unspecified atom stereocenters. The molecule has 1 atom stereocenters. The molecule has 2 rings (SSSR count). The van der Waals surface area contributed by atoms with Crippen LogP contribution in [0, 0.1) is 5.41 Å². The molecule has 2 aliphatic rings. The Kier molecular flexibility index (Phi) is 2.26. The Hall–Kier alpha value is -0.300. The van der Waals surface area contributed by atoms with E-state index in [4.69, 9.17) is 0 Å². The van der Waals surface area contributed by atoms with Crippen LogP contribution in [0.5, 0.6) is 0 Å². The zero-order chi connectivity index (χ0) is 10.4. The highest BCUT2D eigenvalue weighted by atomic mass is 15.3. The minimum atomic E-state index is 0.425. The van der Waals surface area contributed by atoms with E-state index < -0.39 is 0 Å². The highest BCUT2D eigenvalue weighted by Gasteiger charge is 2.52. The topological polar surface area (TPSA) is 3.24 Å². The fourth-order valence-corrected chi connectivity index (χ4v) is 3.35. The van der Waals surface area contributed by atoms with E-state index in [1.165, 1.54) is 32.4 Å². The van der Waals surface area contributed by atoms with E-state index >= 15 is 0 Å². The van der Waals surface area contributed by atoms with Crippen LogP contribution in [0.15, 0.2) is 11.6 Å². The fourth-order valence-electron chi connectivity index (χ4n) is 3.35. The normalized spacial score (nSPS) is 36.7. The summed E-state index contributed by atoms with van der Waals surface area (Å²) in [5.74, 6) is 0. The molecule has 80 valence electrons. The molecule has 2 heterocycles.